The number of hydrogen-bond acceptors (Lipinski definition) is 3. The maximum absolute atomic E-state index is 6.45. The molecule has 18 heavy (non-hydrogen) atoms. The number of nitrogens with two attached hydrogens (primary N) is 1. The molecule has 0 aromatic carbocycles. The first kappa shape index (κ1) is 12.9. The molecule has 3 saturated heterocycles. The Labute approximate surface area is 111 Å². The second-order valence-corrected chi connectivity index (χ2v) is 6.66. The molecule has 3 rings (SSSR count). The van der Waals surface area contributed by atoms with Crippen molar-refractivity contribution >= 4 is 0 Å². The van der Waals surface area contributed by atoms with Crippen LogP contribution >= 0.6 is 0 Å². The number of fused-ring (bicyclic) bond motifs is 2. The van der Waals surface area contributed by atoms with Crippen LogP contribution in [0.3, 0.4) is 0 Å². The second-order valence-electron chi connectivity index (χ2n) is 6.66. The standard InChI is InChI=1S/C15H28N2O/c1-17-12-4-5-13(17)10-11(9-12)15(16)7-6-14-3-2-8-18-14/h11-15H,2-10,16H2,1H3. The highest BCUT2D eigenvalue weighted by molar-refractivity contribution is 4.96. The summed E-state index contributed by atoms with van der Waals surface area (Å²) in [5, 5.41) is 0. The van der Waals surface area contributed by atoms with Gasteiger partial charge in [-0.15, -0.1) is 0 Å². The molecule has 0 aromatic heterocycles. The summed E-state index contributed by atoms with van der Waals surface area (Å²) in [6.07, 6.45) is 10.8. The van der Waals surface area contributed by atoms with Crippen LogP contribution in [0.2, 0.25) is 0 Å². The molecule has 3 heteroatoms. The first-order valence-corrected chi connectivity index (χ1v) is 7.83. The Morgan fingerprint density at radius 1 is 1.22 bits per heavy atom. The topological polar surface area (TPSA) is 38.5 Å². The third kappa shape index (κ3) is 2.59. The first-order valence-electron chi connectivity index (χ1n) is 7.83. The van der Waals surface area contributed by atoms with Gasteiger partial charge in [-0.05, 0) is 64.3 Å². The van der Waals surface area contributed by atoms with Gasteiger partial charge in [-0.2, -0.15) is 0 Å². The van der Waals surface area contributed by atoms with Gasteiger partial charge in [-0.25, -0.2) is 0 Å². The summed E-state index contributed by atoms with van der Waals surface area (Å²) in [7, 11) is 2.30. The molecule has 0 aromatic rings. The maximum atomic E-state index is 6.45. The molecule has 3 aliphatic heterocycles. The minimum atomic E-state index is 0.408. The fourth-order valence-electron chi connectivity index (χ4n) is 4.29. The lowest BCUT2D eigenvalue weighted by molar-refractivity contribution is 0.0888. The summed E-state index contributed by atoms with van der Waals surface area (Å²) < 4.78 is 5.70. The van der Waals surface area contributed by atoms with Crippen molar-refractivity contribution in [3.8, 4) is 0 Å². The molecule has 3 nitrogen and oxygen atoms in total. The van der Waals surface area contributed by atoms with Crippen LogP contribution in [0, 0.1) is 5.92 Å². The van der Waals surface area contributed by atoms with E-state index in [4.69, 9.17) is 10.5 Å². The van der Waals surface area contributed by atoms with Crippen molar-refractivity contribution in [3.05, 3.63) is 0 Å². The molecule has 0 saturated carbocycles. The zero-order valence-corrected chi connectivity index (χ0v) is 11.7. The van der Waals surface area contributed by atoms with E-state index in [0.29, 0.717) is 12.1 Å². The van der Waals surface area contributed by atoms with Gasteiger partial charge in [-0.3, -0.25) is 0 Å². The largest absolute Gasteiger partial charge is 0.378 e. The predicted molar refractivity (Wildman–Crippen MR) is 73.5 cm³/mol. The molecule has 2 bridgehead atoms. The minimum absolute atomic E-state index is 0.408. The van der Waals surface area contributed by atoms with E-state index in [1.807, 2.05) is 0 Å². The van der Waals surface area contributed by atoms with Gasteiger partial charge in [0.2, 0.25) is 0 Å². The molecular weight excluding hydrogens is 224 g/mol. The van der Waals surface area contributed by atoms with Crippen LogP contribution < -0.4 is 5.73 Å². The van der Waals surface area contributed by atoms with E-state index in [0.717, 1.165) is 24.6 Å². The Bertz CT molecular complexity index is 264. The van der Waals surface area contributed by atoms with E-state index in [9.17, 15) is 0 Å². The van der Waals surface area contributed by atoms with Crippen LogP contribution in [0.4, 0.5) is 0 Å². The van der Waals surface area contributed by atoms with Crippen LogP contribution in [-0.2, 0) is 4.74 Å². The quantitative estimate of drug-likeness (QED) is 0.833. The van der Waals surface area contributed by atoms with Crippen molar-refractivity contribution in [1.82, 2.24) is 4.90 Å². The van der Waals surface area contributed by atoms with Gasteiger partial charge in [0.1, 0.15) is 0 Å². The molecule has 0 radical (unpaired) electrons. The lowest BCUT2D eigenvalue weighted by Gasteiger charge is -2.39. The lowest BCUT2D eigenvalue weighted by atomic mass is 9.83. The number of rotatable bonds is 4. The first-order chi connectivity index (χ1) is 8.74. The molecular formula is C15H28N2O. The van der Waals surface area contributed by atoms with E-state index in [-0.39, 0.29) is 0 Å². The van der Waals surface area contributed by atoms with Crippen LogP contribution in [0.1, 0.15) is 51.4 Å². The molecule has 4 unspecified atom stereocenters. The van der Waals surface area contributed by atoms with Crippen molar-refractivity contribution < 1.29 is 4.74 Å². The summed E-state index contributed by atoms with van der Waals surface area (Å²) in [5.41, 5.74) is 6.45. The van der Waals surface area contributed by atoms with E-state index in [1.54, 1.807) is 0 Å². The summed E-state index contributed by atoms with van der Waals surface area (Å²) in [6.45, 7) is 0.971. The van der Waals surface area contributed by atoms with Crippen LogP contribution in [0.15, 0.2) is 0 Å². The lowest BCUT2D eigenvalue weighted by Crippen LogP contribution is -2.45. The minimum Gasteiger partial charge on any atom is -0.378 e. The van der Waals surface area contributed by atoms with Gasteiger partial charge in [0.05, 0.1) is 6.10 Å². The second kappa shape index (κ2) is 5.48. The molecule has 104 valence electrons. The summed E-state index contributed by atoms with van der Waals surface area (Å²) in [5.74, 6) is 0.764. The van der Waals surface area contributed by atoms with Crippen molar-refractivity contribution in [3.63, 3.8) is 0 Å². The third-order valence-electron chi connectivity index (χ3n) is 5.59. The molecule has 0 aliphatic carbocycles. The van der Waals surface area contributed by atoms with Gasteiger partial charge in [0.15, 0.2) is 0 Å². The van der Waals surface area contributed by atoms with Gasteiger partial charge in [0.25, 0.3) is 0 Å². The SMILES string of the molecule is CN1C2CCC1CC(C(N)CCC1CCCO1)C2. The normalized spacial score (nSPS) is 42.3. The Balaban J connectivity index is 1.46. The fourth-order valence-corrected chi connectivity index (χ4v) is 4.29. The molecule has 0 amide bonds. The van der Waals surface area contributed by atoms with Gasteiger partial charge in [0, 0.05) is 24.7 Å². The predicted octanol–water partition coefficient (Wildman–Crippen LogP) is 2.15. The molecule has 4 atom stereocenters. The highest BCUT2D eigenvalue weighted by atomic mass is 16.5. The number of piperidine rings is 1. The highest BCUT2D eigenvalue weighted by Gasteiger charge is 2.40. The van der Waals surface area contributed by atoms with Crippen molar-refractivity contribution in [1.29, 1.82) is 0 Å². The van der Waals surface area contributed by atoms with E-state index < -0.39 is 0 Å². The number of ether oxygens (including phenoxy) is 1. The zero-order valence-electron chi connectivity index (χ0n) is 11.7. The van der Waals surface area contributed by atoms with Gasteiger partial charge >= 0.3 is 0 Å². The van der Waals surface area contributed by atoms with Crippen LogP contribution in [0.25, 0.3) is 0 Å². The summed E-state index contributed by atoms with van der Waals surface area (Å²) in [4.78, 5) is 2.60. The summed E-state index contributed by atoms with van der Waals surface area (Å²) >= 11 is 0. The average molecular weight is 252 g/mol. The molecule has 0 spiro atoms. The zero-order chi connectivity index (χ0) is 12.5. The Morgan fingerprint density at radius 2 is 1.94 bits per heavy atom. The molecule has 3 fully saturated rings. The number of hydrogen-bond donors (Lipinski definition) is 1. The van der Waals surface area contributed by atoms with Gasteiger partial charge < -0.3 is 15.4 Å². The Hall–Kier alpha value is -0.120. The molecule has 3 aliphatic rings. The third-order valence-corrected chi connectivity index (χ3v) is 5.59. The van der Waals surface area contributed by atoms with E-state index >= 15 is 0 Å². The molecule has 3 heterocycles. The monoisotopic (exact) mass is 252 g/mol. The number of nitrogens with zero attached hydrogens (tertiary/aromatic N) is 1. The van der Waals surface area contributed by atoms with Crippen molar-refractivity contribution in [2.75, 3.05) is 13.7 Å². The summed E-state index contributed by atoms with van der Waals surface area (Å²) in [6, 6.07) is 2.05. The van der Waals surface area contributed by atoms with E-state index in [1.165, 1.54) is 51.4 Å². The maximum Gasteiger partial charge on any atom is 0.0576 e. The highest BCUT2D eigenvalue weighted by Crippen LogP contribution is 2.39. The van der Waals surface area contributed by atoms with E-state index in [2.05, 4.69) is 11.9 Å². The van der Waals surface area contributed by atoms with Gasteiger partial charge in [-0.1, -0.05) is 0 Å². The molecule has 2 N–H and O–H groups in total. The fraction of sp³-hybridized carbons (Fsp3) is 1.00. The Morgan fingerprint density at radius 3 is 2.56 bits per heavy atom. The van der Waals surface area contributed by atoms with Crippen LogP contribution in [-0.4, -0.2) is 42.8 Å². The smallest absolute Gasteiger partial charge is 0.0576 e. The van der Waals surface area contributed by atoms with Crippen molar-refractivity contribution in [2.24, 2.45) is 11.7 Å². The van der Waals surface area contributed by atoms with Crippen LogP contribution in [0.5, 0.6) is 0 Å². The Kier molecular flexibility index (Phi) is 3.92. The average Bonchev–Trinajstić information content (AvgIpc) is 2.93. The van der Waals surface area contributed by atoms with Crippen molar-refractivity contribution in [2.45, 2.75) is 75.6 Å².